The Balaban J connectivity index is 1.36. The van der Waals surface area contributed by atoms with Crippen molar-refractivity contribution in [1.29, 1.82) is 0 Å². The van der Waals surface area contributed by atoms with Gasteiger partial charge in [-0.2, -0.15) is 0 Å². The van der Waals surface area contributed by atoms with Crippen molar-refractivity contribution in [3.05, 3.63) is 0 Å². The molecule has 0 aromatic heterocycles. The maximum Gasteiger partial charge on any atom is 0.193 e. The van der Waals surface area contributed by atoms with Crippen molar-refractivity contribution in [2.45, 2.75) is 50.7 Å². The van der Waals surface area contributed by atoms with Crippen LogP contribution >= 0.6 is 0 Å². The van der Waals surface area contributed by atoms with Crippen LogP contribution in [0.4, 0.5) is 0 Å². The first-order valence-electron chi connectivity index (χ1n) is 8.54. The molecule has 5 nitrogen and oxygen atoms in total. The monoisotopic (exact) mass is 295 g/mol. The van der Waals surface area contributed by atoms with E-state index in [4.69, 9.17) is 9.47 Å². The van der Waals surface area contributed by atoms with Crippen LogP contribution in [0.1, 0.15) is 38.5 Å². The van der Waals surface area contributed by atoms with Gasteiger partial charge in [-0.3, -0.25) is 4.99 Å². The normalized spacial score (nSPS) is 28.1. The third kappa shape index (κ3) is 4.58. The van der Waals surface area contributed by atoms with Gasteiger partial charge in [-0.05, 0) is 44.4 Å². The fourth-order valence-corrected chi connectivity index (χ4v) is 3.13. The molecule has 1 unspecified atom stereocenters. The fourth-order valence-electron chi connectivity index (χ4n) is 3.13. The number of rotatable bonds is 5. The second-order valence-corrected chi connectivity index (χ2v) is 6.53. The molecule has 0 amide bonds. The van der Waals surface area contributed by atoms with Crippen LogP contribution in [-0.4, -0.2) is 63.0 Å². The van der Waals surface area contributed by atoms with Crippen molar-refractivity contribution >= 4 is 5.96 Å². The Kier molecular flexibility index (Phi) is 5.36. The van der Waals surface area contributed by atoms with Gasteiger partial charge in [-0.25, -0.2) is 0 Å². The molecule has 5 heteroatoms. The van der Waals surface area contributed by atoms with Crippen molar-refractivity contribution in [3.63, 3.8) is 0 Å². The fraction of sp³-hybridized carbons (Fsp3) is 0.938. The molecule has 3 aliphatic rings. The zero-order chi connectivity index (χ0) is 14.5. The Morgan fingerprint density at radius 2 is 2.05 bits per heavy atom. The van der Waals surface area contributed by atoms with Crippen molar-refractivity contribution in [2.24, 2.45) is 10.9 Å². The van der Waals surface area contributed by atoms with Gasteiger partial charge in [0.15, 0.2) is 5.96 Å². The van der Waals surface area contributed by atoms with Crippen molar-refractivity contribution in [3.8, 4) is 0 Å². The molecular weight excluding hydrogens is 266 g/mol. The first-order chi connectivity index (χ1) is 10.3. The highest BCUT2D eigenvalue weighted by Gasteiger charge is 2.26. The molecule has 0 bridgehead atoms. The minimum Gasteiger partial charge on any atom is -0.378 e. The Bertz CT molecular complexity index is 343. The van der Waals surface area contributed by atoms with Gasteiger partial charge in [0, 0.05) is 39.9 Å². The smallest absolute Gasteiger partial charge is 0.193 e. The molecule has 120 valence electrons. The summed E-state index contributed by atoms with van der Waals surface area (Å²) in [5, 5.41) is 3.47. The van der Waals surface area contributed by atoms with Gasteiger partial charge < -0.3 is 19.7 Å². The van der Waals surface area contributed by atoms with Gasteiger partial charge in [0.05, 0.1) is 12.2 Å². The summed E-state index contributed by atoms with van der Waals surface area (Å²) in [6.07, 6.45) is 8.16. The lowest BCUT2D eigenvalue weighted by Gasteiger charge is -2.34. The number of guanidine groups is 1. The number of hydrogen-bond donors (Lipinski definition) is 1. The second kappa shape index (κ2) is 7.45. The van der Waals surface area contributed by atoms with Crippen LogP contribution in [0, 0.1) is 5.92 Å². The Morgan fingerprint density at radius 1 is 1.24 bits per heavy atom. The lowest BCUT2D eigenvalue weighted by molar-refractivity contribution is 0.0129. The molecule has 1 saturated carbocycles. The van der Waals surface area contributed by atoms with E-state index in [1.54, 1.807) is 0 Å². The van der Waals surface area contributed by atoms with Crippen molar-refractivity contribution in [1.82, 2.24) is 10.2 Å². The molecule has 1 aliphatic carbocycles. The Morgan fingerprint density at radius 3 is 2.67 bits per heavy atom. The lowest BCUT2D eigenvalue weighted by atomic mass is 10.1. The van der Waals surface area contributed by atoms with Crippen LogP contribution in [0.3, 0.4) is 0 Å². The molecule has 0 radical (unpaired) electrons. The summed E-state index contributed by atoms with van der Waals surface area (Å²) in [5.41, 5.74) is 0. The van der Waals surface area contributed by atoms with E-state index in [1.807, 2.05) is 7.05 Å². The van der Waals surface area contributed by atoms with Gasteiger partial charge in [0.2, 0.25) is 0 Å². The Labute approximate surface area is 128 Å². The Hall–Kier alpha value is -0.810. The summed E-state index contributed by atoms with van der Waals surface area (Å²) < 4.78 is 11.7. The molecule has 0 spiro atoms. The van der Waals surface area contributed by atoms with E-state index in [0.717, 1.165) is 57.6 Å². The summed E-state index contributed by atoms with van der Waals surface area (Å²) >= 11 is 0. The van der Waals surface area contributed by atoms with Gasteiger partial charge in [0.25, 0.3) is 0 Å². The number of nitrogens with zero attached hydrogens (tertiary/aromatic N) is 2. The summed E-state index contributed by atoms with van der Waals surface area (Å²) in [5.74, 6) is 1.88. The predicted octanol–water partition coefficient (Wildman–Crippen LogP) is 1.63. The standard InChI is InChI=1S/C16H29N3O2/c1-17-16(18-11-15-3-2-10-20-15)19-8-6-14(7-9-19)21-12-13-4-5-13/h13-15H,2-12H2,1H3,(H,17,18). The third-order valence-electron chi connectivity index (χ3n) is 4.73. The molecule has 1 atom stereocenters. The summed E-state index contributed by atoms with van der Waals surface area (Å²) in [7, 11) is 1.87. The highest BCUT2D eigenvalue weighted by Crippen LogP contribution is 2.30. The van der Waals surface area contributed by atoms with E-state index in [0.29, 0.717) is 12.2 Å². The number of nitrogens with one attached hydrogen (secondary N) is 1. The van der Waals surface area contributed by atoms with Crippen LogP contribution in [0.25, 0.3) is 0 Å². The number of aliphatic imine (C=N–C) groups is 1. The molecule has 1 N–H and O–H groups in total. The maximum atomic E-state index is 6.00. The zero-order valence-corrected chi connectivity index (χ0v) is 13.2. The minimum absolute atomic E-state index is 0.362. The number of hydrogen-bond acceptors (Lipinski definition) is 3. The lowest BCUT2D eigenvalue weighted by Crippen LogP contribution is -2.48. The number of piperidine rings is 1. The van der Waals surface area contributed by atoms with E-state index in [1.165, 1.54) is 25.7 Å². The highest BCUT2D eigenvalue weighted by atomic mass is 16.5. The van der Waals surface area contributed by atoms with E-state index in [9.17, 15) is 0 Å². The number of likely N-dealkylation sites (tertiary alicyclic amines) is 1. The molecule has 0 aromatic rings. The van der Waals surface area contributed by atoms with E-state index < -0.39 is 0 Å². The van der Waals surface area contributed by atoms with Crippen molar-refractivity contribution in [2.75, 3.05) is 39.9 Å². The largest absolute Gasteiger partial charge is 0.378 e. The molecule has 3 fully saturated rings. The average molecular weight is 295 g/mol. The molecule has 2 heterocycles. The van der Waals surface area contributed by atoms with Crippen LogP contribution in [0.5, 0.6) is 0 Å². The maximum absolute atomic E-state index is 6.00. The molecule has 3 rings (SSSR count). The quantitative estimate of drug-likeness (QED) is 0.618. The molecule has 2 aliphatic heterocycles. The van der Waals surface area contributed by atoms with Gasteiger partial charge >= 0.3 is 0 Å². The first kappa shape index (κ1) is 15.1. The molecule has 2 saturated heterocycles. The SMILES string of the molecule is CN=C(NCC1CCCO1)N1CCC(OCC2CC2)CC1. The van der Waals surface area contributed by atoms with Crippen LogP contribution in [-0.2, 0) is 9.47 Å². The van der Waals surface area contributed by atoms with Crippen LogP contribution in [0.2, 0.25) is 0 Å². The van der Waals surface area contributed by atoms with E-state index in [2.05, 4.69) is 15.2 Å². The van der Waals surface area contributed by atoms with Gasteiger partial charge in [0.1, 0.15) is 0 Å². The zero-order valence-electron chi connectivity index (χ0n) is 13.2. The van der Waals surface area contributed by atoms with Gasteiger partial charge in [-0.1, -0.05) is 0 Å². The average Bonchev–Trinajstić information content (AvgIpc) is 3.21. The first-order valence-corrected chi connectivity index (χ1v) is 8.54. The summed E-state index contributed by atoms with van der Waals surface area (Å²) in [6, 6.07) is 0. The van der Waals surface area contributed by atoms with E-state index >= 15 is 0 Å². The van der Waals surface area contributed by atoms with Gasteiger partial charge in [-0.15, -0.1) is 0 Å². The molecular formula is C16H29N3O2. The topological polar surface area (TPSA) is 46.1 Å². The van der Waals surface area contributed by atoms with Crippen LogP contribution in [0.15, 0.2) is 4.99 Å². The highest BCUT2D eigenvalue weighted by molar-refractivity contribution is 5.80. The molecule has 0 aromatic carbocycles. The third-order valence-corrected chi connectivity index (χ3v) is 4.73. The van der Waals surface area contributed by atoms with Crippen LogP contribution < -0.4 is 5.32 Å². The second-order valence-electron chi connectivity index (χ2n) is 6.53. The number of ether oxygens (including phenoxy) is 2. The summed E-state index contributed by atoms with van der Waals surface area (Å²) in [4.78, 5) is 6.77. The minimum atomic E-state index is 0.362. The predicted molar refractivity (Wildman–Crippen MR) is 83.6 cm³/mol. The van der Waals surface area contributed by atoms with Crippen molar-refractivity contribution < 1.29 is 9.47 Å². The van der Waals surface area contributed by atoms with E-state index in [-0.39, 0.29) is 0 Å². The summed E-state index contributed by atoms with van der Waals surface area (Å²) in [6.45, 7) is 4.86. The molecule has 21 heavy (non-hydrogen) atoms.